The predicted molar refractivity (Wildman–Crippen MR) is 83.2 cm³/mol. The lowest BCUT2D eigenvalue weighted by Gasteiger charge is -2.07. The predicted octanol–water partition coefficient (Wildman–Crippen LogP) is 3.22. The number of rotatable bonds is 6. The molecule has 0 bridgehead atoms. The maximum absolute atomic E-state index is 11.9. The van der Waals surface area contributed by atoms with E-state index in [9.17, 15) is 4.79 Å². The minimum atomic E-state index is -0.267. The van der Waals surface area contributed by atoms with Crippen LogP contribution < -0.4 is 0 Å². The molecule has 2 aromatic carbocycles. The van der Waals surface area contributed by atoms with E-state index in [0.717, 1.165) is 11.1 Å². The van der Waals surface area contributed by atoms with E-state index in [0.29, 0.717) is 26.4 Å². The number of carbonyl (C=O) groups excluding carboxylic acids is 1. The molecule has 0 spiro atoms. The zero-order chi connectivity index (χ0) is 15.2. The molecule has 0 radical (unpaired) electrons. The minimum Gasteiger partial charge on any atom is -0.445 e. The summed E-state index contributed by atoms with van der Waals surface area (Å²) < 4.78 is 10.9. The summed E-state index contributed by atoms with van der Waals surface area (Å²) in [7, 11) is 0. The van der Waals surface area contributed by atoms with Gasteiger partial charge in [0.2, 0.25) is 0 Å². The largest absolute Gasteiger partial charge is 0.445 e. The van der Waals surface area contributed by atoms with E-state index in [2.05, 4.69) is 0 Å². The van der Waals surface area contributed by atoms with Crippen LogP contribution in [0.5, 0.6) is 0 Å². The number of amides is 1. The first-order valence-electron chi connectivity index (χ1n) is 7.42. The Balaban J connectivity index is 1.34. The fraction of sp³-hybridized carbons (Fsp3) is 0.278. The number of hydrogen-bond acceptors (Lipinski definition) is 3. The van der Waals surface area contributed by atoms with Crippen LogP contribution in [0.2, 0.25) is 0 Å². The van der Waals surface area contributed by atoms with Gasteiger partial charge in [0.05, 0.1) is 19.3 Å². The second kappa shape index (κ2) is 7.09. The van der Waals surface area contributed by atoms with Gasteiger partial charge in [0, 0.05) is 6.54 Å². The topological polar surface area (TPSA) is 38.5 Å². The maximum Gasteiger partial charge on any atom is 0.410 e. The molecule has 3 rings (SSSR count). The quantitative estimate of drug-likeness (QED) is 0.768. The molecule has 114 valence electrons. The molecule has 0 aromatic heterocycles. The second-order valence-electron chi connectivity index (χ2n) is 5.35. The highest BCUT2D eigenvalue weighted by molar-refractivity contribution is 5.71. The van der Waals surface area contributed by atoms with Crippen molar-refractivity contribution in [1.29, 1.82) is 0 Å². The fourth-order valence-corrected chi connectivity index (χ4v) is 2.24. The van der Waals surface area contributed by atoms with Crippen LogP contribution >= 0.6 is 0 Å². The molecule has 1 atom stereocenters. The molecule has 1 saturated heterocycles. The van der Waals surface area contributed by atoms with Gasteiger partial charge in [-0.3, -0.25) is 4.90 Å². The molecule has 0 N–H and O–H groups in total. The summed E-state index contributed by atoms with van der Waals surface area (Å²) in [6.45, 7) is 2.15. The van der Waals surface area contributed by atoms with Crippen LogP contribution in [-0.4, -0.2) is 30.2 Å². The molecule has 0 saturated carbocycles. The molecule has 0 unspecified atom stereocenters. The molecule has 1 aliphatic heterocycles. The highest BCUT2D eigenvalue weighted by Gasteiger charge is 2.39. The van der Waals surface area contributed by atoms with Crippen LogP contribution in [0.3, 0.4) is 0 Å². The lowest BCUT2D eigenvalue weighted by atomic mass is 10.2. The van der Waals surface area contributed by atoms with Gasteiger partial charge in [-0.2, -0.15) is 0 Å². The first-order valence-corrected chi connectivity index (χ1v) is 7.42. The summed E-state index contributed by atoms with van der Waals surface area (Å²) in [6.07, 6.45) is -0.267. The number of nitrogens with zero attached hydrogens (tertiary/aromatic N) is 1. The van der Waals surface area contributed by atoms with Crippen LogP contribution in [-0.2, 0) is 22.7 Å². The summed E-state index contributed by atoms with van der Waals surface area (Å²) in [4.78, 5) is 13.6. The maximum atomic E-state index is 11.9. The Bertz CT molecular complexity index is 600. The van der Waals surface area contributed by atoms with Gasteiger partial charge in [0.25, 0.3) is 0 Å². The number of hydrogen-bond donors (Lipinski definition) is 0. The van der Waals surface area contributed by atoms with Crippen molar-refractivity contribution in [3.8, 4) is 0 Å². The molecule has 1 fully saturated rings. The smallest absolute Gasteiger partial charge is 0.410 e. The average molecular weight is 297 g/mol. The van der Waals surface area contributed by atoms with Gasteiger partial charge in [-0.1, -0.05) is 60.7 Å². The fourth-order valence-electron chi connectivity index (χ4n) is 2.24. The van der Waals surface area contributed by atoms with Crippen LogP contribution in [0.4, 0.5) is 4.79 Å². The Morgan fingerprint density at radius 1 is 0.955 bits per heavy atom. The lowest BCUT2D eigenvalue weighted by Crippen LogP contribution is -2.17. The Morgan fingerprint density at radius 3 is 2.18 bits per heavy atom. The molecular weight excluding hydrogens is 278 g/mol. The number of carbonyl (C=O) groups is 1. The highest BCUT2D eigenvalue weighted by atomic mass is 16.6. The first-order chi connectivity index (χ1) is 10.8. The molecular formula is C18H19NO3. The van der Waals surface area contributed by atoms with Crippen molar-refractivity contribution >= 4 is 6.09 Å². The van der Waals surface area contributed by atoms with Gasteiger partial charge >= 0.3 is 6.09 Å². The normalized spacial score (nSPS) is 16.4. The summed E-state index contributed by atoms with van der Waals surface area (Å²) in [5.74, 6) is 0. The van der Waals surface area contributed by atoms with E-state index in [1.807, 2.05) is 60.7 Å². The summed E-state index contributed by atoms with van der Waals surface area (Å²) >= 11 is 0. The number of benzene rings is 2. The van der Waals surface area contributed by atoms with E-state index in [4.69, 9.17) is 9.47 Å². The van der Waals surface area contributed by atoms with Gasteiger partial charge in [-0.05, 0) is 11.1 Å². The van der Waals surface area contributed by atoms with Crippen LogP contribution in [0.15, 0.2) is 60.7 Å². The monoisotopic (exact) mass is 297 g/mol. The van der Waals surface area contributed by atoms with Gasteiger partial charge in [0.1, 0.15) is 6.61 Å². The average Bonchev–Trinajstić information content (AvgIpc) is 3.34. The molecule has 4 nitrogen and oxygen atoms in total. The first kappa shape index (κ1) is 14.6. The summed E-state index contributed by atoms with van der Waals surface area (Å²) in [5, 5.41) is 0. The minimum absolute atomic E-state index is 0.145. The molecule has 1 aliphatic rings. The SMILES string of the molecule is O=C(OCc1ccccc1)N1C[C@@H]1COCc1ccccc1. The van der Waals surface area contributed by atoms with Gasteiger partial charge < -0.3 is 9.47 Å². The van der Waals surface area contributed by atoms with Crippen molar-refractivity contribution in [2.24, 2.45) is 0 Å². The molecule has 0 aliphatic carbocycles. The molecule has 1 heterocycles. The van der Waals surface area contributed by atoms with E-state index in [1.54, 1.807) is 4.90 Å². The van der Waals surface area contributed by atoms with Crippen LogP contribution in [0, 0.1) is 0 Å². The third kappa shape index (κ3) is 4.09. The molecule has 1 amide bonds. The standard InChI is InChI=1S/C18H19NO3/c20-18(22-13-16-9-5-2-6-10-16)19-11-17(19)14-21-12-15-7-3-1-4-8-15/h1-10,17H,11-14H2/t17-,19?/m1/s1. The van der Waals surface area contributed by atoms with E-state index in [-0.39, 0.29) is 12.1 Å². The lowest BCUT2D eigenvalue weighted by molar-refractivity contribution is 0.0982. The zero-order valence-corrected chi connectivity index (χ0v) is 12.4. The van der Waals surface area contributed by atoms with E-state index < -0.39 is 0 Å². The van der Waals surface area contributed by atoms with Crippen molar-refractivity contribution < 1.29 is 14.3 Å². The van der Waals surface area contributed by atoms with Crippen molar-refractivity contribution in [3.63, 3.8) is 0 Å². The molecule has 2 aromatic rings. The number of ether oxygens (including phenoxy) is 2. The Kier molecular flexibility index (Phi) is 4.71. The highest BCUT2D eigenvalue weighted by Crippen LogP contribution is 2.20. The summed E-state index contributed by atoms with van der Waals surface area (Å²) in [6, 6.07) is 19.8. The van der Waals surface area contributed by atoms with Crippen molar-refractivity contribution in [2.75, 3.05) is 13.2 Å². The van der Waals surface area contributed by atoms with Gasteiger partial charge in [-0.15, -0.1) is 0 Å². The van der Waals surface area contributed by atoms with E-state index in [1.165, 1.54) is 0 Å². The third-order valence-corrected chi connectivity index (χ3v) is 3.58. The Hall–Kier alpha value is -2.33. The third-order valence-electron chi connectivity index (χ3n) is 3.58. The second-order valence-corrected chi connectivity index (χ2v) is 5.35. The van der Waals surface area contributed by atoms with Crippen molar-refractivity contribution in [2.45, 2.75) is 19.3 Å². The van der Waals surface area contributed by atoms with Crippen LogP contribution in [0.25, 0.3) is 0 Å². The Morgan fingerprint density at radius 2 is 1.55 bits per heavy atom. The van der Waals surface area contributed by atoms with Crippen molar-refractivity contribution in [3.05, 3.63) is 71.8 Å². The van der Waals surface area contributed by atoms with E-state index >= 15 is 0 Å². The zero-order valence-electron chi connectivity index (χ0n) is 12.4. The van der Waals surface area contributed by atoms with Crippen molar-refractivity contribution in [1.82, 2.24) is 4.90 Å². The molecule has 4 heteroatoms. The summed E-state index contributed by atoms with van der Waals surface area (Å²) in [5.41, 5.74) is 2.14. The van der Waals surface area contributed by atoms with Crippen LogP contribution in [0.1, 0.15) is 11.1 Å². The molecule has 22 heavy (non-hydrogen) atoms. The van der Waals surface area contributed by atoms with Gasteiger partial charge in [-0.25, -0.2) is 4.79 Å². The Labute approximate surface area is 130 Å². The van der Waals surface area contributed by atoms with Gasteiger partial charge in [0.15, 0.2) is 0 Å².